The van der Waals surface area contributed by atoms with E-state index in [1.807, 2.05) is 42.5 Å². The molecule has 22 heavy (non-hydrogen) atoms. The second-order valence-corrected chi connectivity index (χ2v) is 6.16. The Labute approximate surface area is 137 Å². The number of carbonyl (C=O) groups is 1. The highest BCUT2D eigenvalue weighted by Gasteiger charge is 2.44. The van der Waals surface area contributed by atoms with Gasteiger partial charge in [-0.15, -0.1) is 0 Å². The van der Waals surface area contributed by atoms with Crippen molar-refractivity contribution >= 4 is 27.5 Å². The molecule has 1 aliphatic heterocycles. The third-order valence-corrected chi connectivity index (χ3v) is 4.23. The van der Waals surface area contributed by atoms with E-state index in [1.165, 1.54) is 11.9 Å². The van der Waals surface area contributed by atoms with Crippen LogP contribution in [-0.4, -0.2) is 21.7 Å². The molecule has 0 radical (unpaired) electrons. The number of aliphatic hydroxyl groups is 1. The van der Waals surface area contributed by atoms with Crippen LogP contribution >= 0.6 is 15.9 Å². The molecule has 5 heteroatoms. The van der Waals surface area contributed by atoms with Gasteiger partial charge in [0.15, 0.2) is 5.72 Å². The van der Waals surface area contributed by atoms with Crippen LogP contribution in [0.25, 0.3) is 0 Å². The largest absolute Gasteiger partial charge is 0.365 e. The summed E-state index contributed by atoms with van der Waals surface area (Å²) in [6.45, 7) is 1.40. The van der Waals surface area contributed by atoms with Crippen LogP contribution in [0, 0.1) is 0 Å². The van der Waals surface area contributed by atoms with Crippen molar-refractivity contribution in [2.75, 3.05) is 0 Å². The topological polar surface area (TPSA) is 52.9 Å². The van der Waals surface area contributed by atoms with Gasteiger partial charge in [-0.1, -0.05) is 58.4 Å². The summed E-state index contributed by atoms with van der Waals surface area (Å²) in [6.07, 6.45) is 0.262. The number of benzene rings is 2. The number of amides is 1. The van der Waals surface area contributed by atoms with Crippen molar-refractivity contribution in [2.45, 2.75) is 19.1 Å². The van der Waals surface area contributed by atoms with Crippen molar-refractivity contribution in [2.24, 2.45) is 5.10 Å². The highest BCUT2D eigenvalue weighted by atomic mass is 79.9. The normalized spacial score (nSPS) is 20.9. The molecule has 0 saturated carbocycles. The maximum absolute atomic E-state index is 11.9. The Balaban J connectivity index is 2.02. The quantitative estimate of drug-likeness (QED) is 0.895. The lowest BCUT2D eigenvalue weighted by Gasteiger charge is -2.30. The van der Waals surface area contributed by atoms with Gasteiger partial charge in [-0.3, -0.25) is 4.79 Å². The van der Waals surface area contributed by atoms with E-state index in [0.717, 1.165) is 10.0 Å². The smallest absolute Gasteiger partial charge is 0.242 e. The summed E-state index contributed by atoms with van der Waals surface area (Å²) in [7, 11) is 0. The molecule has 1 amide bonds. The minimum atomic E-state index is -1.45. The van der Waals surface area contributed by atoms with Gasteiger partial charge in [-0.05, 0) is 17.7 Å². The third-order valence-electron chi connectivity index (χ3n) is 3.70. The number of hydrogen-bond donors (Lipinski definition) is 1. The zero-order valence-corrected chi connectivity index (χ0v) is 13.6. The lowest BCUT2D eigenvalue weighted by molar-refractivity contribution is -0.155. The van der Waals surface area contributed by atoms with Gasteiger partial charge in [0.2, 0.25) is 5.91 Å². The molecule has 1 aliphatic rings. The lowest BCUT2D eigenvalue weighted by atomic mass is 9.95. The minimum absolute atomic E-state index is 0.262. The molecule has 2 aromatic carbocycles. The van der Waals surface area contributed by atoms with Crippen LogP contribution < -0.4 is 0 Å². The standard InChI is InChI=1S/C17H15BrN2O2/c1-12(21)20-17(22,14-7-9-15(18)10-8-14)11-16(19-20)13-5-3-2-4-6-13/h2-10,22H,11H2,1H3. The fourth-order valence-electron chi connectivity index (χ4n) is 2.61. The van der Waals surface area contributed by atoms with E-state index >= 15 is 0 Å². The fraction of sp³-hybridized carbons (Fsp3) is 0.176. The van der Waals surface area contributed by atoms with E-state index in [-0.39, 0.29) is 12.3 Å². The Kier molecular flexibility index (Phi) is 3.85. The molecule has 0 fully saturated rings. The van der Waals surface area contributed by atoms with Gasteiger partial charge in [-0.25, -0.2) is 0 Å². The number of rotatable bonds is 2. The van der Waals surface area contributed by atoms with Crippen LogP contribution in [0.5, 0.6) is 0 Å². The summed E-state index contributed by atoms with van der Waals surface area (Å²) < 4.78 is 0.913. The van der Waals surface area contributed by atoms with Crippen LogP contribution in [0.4, 0.5) is 0 Å². The first-order valence-electron chi connectivity index (χ1n) is 6.93. The van der Waals surface area contributed by atoms with Crippen molar-refractivity contribution < 1.29 is 9.90 Å². The third kappa shape index (κ3) is 2.58. The average Bonchev–Trinajstić information content (AvgIpc) is 2.88. The Hall–Kier alpha value is -1.98. The Morgan fingerprint density at radius 2 is 1.82 bits per heavy atom. The molecule has 3 rings (SSSR count). The molecule has 1 N–H and O–H groups in total. The maximum Gasteiger partial charge on any atom is 0.242 e. The molecule has 0 aliphatic carbocycles. The van der Waals surface area contributed by atoms with Crippen molar-refractivity contribution in [1.29, 1.82) is 0 Å². The van der Waals surface area contributed by atoms with E-state index < -0.39 is 5.72 Å². The summed E-state index contributed by atoms with van der Waals surface area (Å²) in [5, 5.41) is 16.6. The van der Waals surface area contributed by atoms with Crippen LogP contribution in [0.15, 0.2) is 64.2 Å². The van der Waals surface area contributed by atoms with Crippen LogP contribution in [0.2, 0.25) is 0 Å². The molecule has 1 unspecified atom stereocenters. The first-order chi connectivity index (χ1) is 10.5. The second-order valence-electron chi connectivity index (χ2n) is 5.24. The van der Waals surface area contributed by atoms with Crippen molar-refractivity contribution in [3.63, 3.8) is 0 Å². The number of hydrazone groups is 1. The lowest BCUT2D eigenvalue weighted by Crippen LogP contribution is -2.42. The zero-order valence-electron chi connectivity index (χ0n) is 12.0. The highest BCUT2D eigenvalue weighted by molar-refractivity contribution is 9.10. The van der Waals surface area contributed by atoms with Crippen molar-refractivity contribution in [3.05, 3.63) is 70.2 Å². The first kappa shape index (κ1) is 14.9. The summed E-state index contributed by atoms with van der Waals surface area (Å²) >= 11 is 3.37. The SMILES string of the molecule is CC(=O)N1N=C(c2ccccc2)CC1(O)c1ccc(Br)cc1. The van der Waals surface area contributed by atoms with Crippen LogP contribution in [-0.2, 0) is 10.5 Å². The number of halogens is 1. The minimum Gasteiger partial charge on any atom is -0.365 e. The van der Waals surface area contributed by atoms with E-state index in [0.29, 0.717) is 11.3 Å². The molecule has 0 spiro atoms. The predicted octanol–water partition coefficient (Wildman–Crippen LogP) is 3.25. The van der Waals surface area contributed by atoms with Gasteiger partial charge in [0, 0.05) is 23.4 Å². The first-order valence-corrected chi connectivity index (χ1v) is 7.72. The highest BCUT2D eigenvalue weighted by Crippen LogP contribution is 2.37. The Bertz CT molecular complexity index is 728. The van der Waals surface area contributed by atoms with E-state index in [4.69, 9.17) is 0 Å². The van der Waals surface area contributed by atoms with Crippen LogP contribution in [0.3, 0.4) is 0 Å². The summed E-state index contributed by atoms with van der Waals surface area (Å²) in [5.41, 5.74) is 0.793. The molecule has 1 atom stereocenters. The molecule has 2 aromatic rings. The Morgan fingerprint density at radius 3 is 2.41 bits per heavy atom. The monoisotopic (exact) mass is 358 g/mol. The van der Waals surface area contributed by atoms with Gasteiger partial charge in [-0.2, -0.15) is 10.1 Å². The van der Waals surface area contributed by atoms with Gasteiger partial charge in [0.1, 0.15) is 0 Å². The fourth-order valence-corrected chi connectivity index (χ4v) is 2.87. The van der Waals surface area contributed by atoms with Gasteiger partial charge >= 0.3 is 0 Å². The molecule has 4 nitrogen and oxygen atoms in total. The number of hydrogen-bond acceptors (Lipinski definition) is 3. The van der Waals surface area contributed by atoms with Crippen LogP contribution in [0.1, 0.15) is 24.5 Å². The zero-order chi connectivity index (χ0) is 15.7. The summed E-state index contributed by atoms with van der Waals surface area (Å²) in [6, 6.07) is 16.8. The van der Waals surface area contributed by atoms with Crippen molar-refractivity contribution in [1.82, 2.24) is 5.01 Å². The van der Waals surface area contributed by atoms with Crippen molar-refractivity contribution in [3.8, 4) is 0 Å². The Morgan fingerprint density at radius 1 is 1.18 bits per heavy atom. The summed E-state index contributed by atoms with van der Waals surface area (Å²) in [5.74, 6) is -0.295. The summed E-state index contributed by atoms with van der Waals surface area (Å²) in [4.78, 5) is 11.9. The second kappa shape index (κ2) is 5.66. The molecular formula is C17H15BrN2O2. The molecular weight excluding hydrogens is 344 g/mol. The predicted molar refractivity (Wildman–Crippen MR) is 88.2 cm³/mol. The molecule has 0 saturated heterocycles. The molecule has 0 aromatic heterocycles. The maximum atomic E-state index is 11.9. The van der Waals surface area contributed by atoms with E-state index in [2.05, 4.69) is 21.0 Å². The number of carbonyl (C=O) groups excluding carboxylic acids is 1. The molecule has 112 valence electrons. The molecule has 0 bridgehead atoms. The molecule has 1 heterocycles. The van der Waals surface area contributed by atoms with Gasteiger partial charge < -0.3 is 5.11 Å². The average molecular weight is 359 g/mol. The number of nitrogens with zero attached hydrogens (tertiary/aromatic N) is 2. The van der Waals surface area contributed by atoms with Gasteiger partial charge in [0.25, 0.3) is 0 Å². The van der Waals surface area contributed by atoms with Gasteiger partial charge in [0.05, 0.1) is 5.71 Å². The van der Waals surface area contributed by atoms with E-state index in [9.17, 15) is 9.90 Å². The van der Waals surface area contributed by atoms with E-state index in [1.54, 1.807) is 12.1 Å².